The highest BCUT2D eigenvalue weighted by atomic mass is 16.2. The van der Waals surface area contributed by atoms with E-state index in [1.165, 1.54) is 0 Å². The first kappa shape index (κ1) is 16.7. The van der Waals surface area contributed by atoms with Gasteiger partial charge in [0.15, 0.2) is 0 Å². The van der Waals surface area contributed by atoms with E-state index in [0.717, 1.165) is 11.3 Å². The van der Waals surface area contributed by atoms with Crippen LogP contribution in [-0.2, 0) is 9.59 Å². The largest absolute Gasteiger partial charge is 0.366 e. The summed E-state index contributed by atoms with van der Waals surface area (Å²) >= 11 is 0. The van der Waals surface area contributed by atoms with Gasteiger partial charge in [-0.25, -0.2) is 0 Å². The predicted molar refractivity (Wildman–Crippen MR) is 95.2 cm³/mol. The summed E-state index contributed by atoms with van der Waals surface area (Å²) in [5.74, 6) is -1.47. The molecule has 0 aliphatic carbocycles. The maximum atomic E-state index is 12.5. The Labute approximate surface area is 145 Å². The van der Waals surface area contributed by atoms with Crippen molar-refractivity contribution in [2.75, 3.05) is 16.8 Å². The quantitative estimate of drug-likeness (QED) is 0.894. The van der Waals surface area contributed by atoms with Crippen LogP contribution in [0, 0.1) is 12.8 Å². The molecule has 128 valence electrons. The minimum Gasteiger partial charge on any atom is -0.366 e. The van der Waals surface area contributed by atoms with E-state index in [2.05, 4.69) is 5.32 Å². The molecule has 2 aromatic carbocycles. The molecule has 1 unspecified atom stereocenters. The van der Waals surface area contributed by atoms with E-state index >= 15 is 0 Å². The van der Waals surface area contributed by atoms with Crippen molar-refractivity contribution in [1.29, 1.82) is 0 Å². The van der Waals surface area contributed by atoms with Crippen LogP contribution in [0.4, 0.5) is 11.4 Å². The average Bonchev–Trinajstić information content (AvgIpc) is 2.97. The molecule has 2 aromatic rings. The third-order valence-corrected chi connectivity index (χ3v) is 4.26. The van der Waals surface area contributed by atoms with Gasteiger partial charge in [-0.05, 0) is 36.8 Å². The normalized spacial score (nSPS) is 16.8. The Bertz CT molecular complexity index is 847. The van der Waals surface area contributed by atoms with E-state index in [0.29, 0.717) is 12.2 Å². The second kappa shape index (κ2) is 6.76. The van der Waals surface area contributed by atoms with Crippen molar-refractivity contribution < 1.29 is 14.4 Å². The van der Waals surface area contributed by atoms with Gasteiger partial charge in [0.2, 0.25) is 11.8 Å². The summed E-state index contributed by atoms with van der Waals surface area (Å²) in [5.41, 5.74) is 7.77. The van der Waals surface area contributed by atoms with Gasteiger partial charge in [0.05, 0.1) is 17.2 Å². The molecule has 0 aromatic heterocycles. The minimum atomic E-state index is -0.611. The van der Waals surface area contributed by atoms with Crippen LogP contribution in [0.25, 0.3) is 0 Å². The van der Waals surface area contributed by atoms with E-state index < -0.39 is 11.8 Å². The highest BCUT2D eigenvalue weighted by Gasteiger charge is 2.35. The highest BCUT2D eigenvalue weighted by molar-refractivity contribution is 6.06. The molecule has 1 heterocycles. The van der Waals surface area contributed by atoms with E-state index in [1.54, 1.807) is 29.2 Å². The number of carbonyl (C=O) groups is 3. The third kappa shape index (κ3) is 3.52. The number of hydrogen-bond donors (Lipinski definition) is 2. The Hall–Kier alpha value is -3.15. The van der Waals surface area contributed by atoms with Gasteiger partial charge in [-0.2, -0.15) is 0 Å². The molecular weight excluding hydrogens is 318 g/mol. The fraction of sp³-hybridized carbons (Fsp3) is 0.211. The molecule has 0 saturated carbocycles. The van der Waals surface area contributed by atoms with Crippen molar-refractivity contribution >= 4 is 29.1 Å². The molecule has 3 rings (SSSR count). The number of nitrogens with two attached hydrogens (primary N) is 1. The van der Waals surface area contributed by atoms with Gasteiger partial charge in [-0.1, -0.05) is 24.3 Å². The molecule has 6 heteroatoms. The lowest BCUT2D eigenvalue weighted by molar-refractivity contribution is -0.122. The van der Waals surface area contributed by atoms with Crippen LogP contribution < -0.4 is 16.0 Å². The average molecular weight is 337 g/mol. The Balaban J connectivity index is 1.74. The van der Waals surface area contributed by atoms with Crippen LogP contribution in [0.15, 0.2) is 48.5 Å². The maximum Gasteiger partial charge on any atom is 0.250 e. The molecule has 3 N–H and O–H groups in total. The Morgan fingerprint density at radius 2 is 1.92 bits per heavy atom. The summed E-state index contributed by atoms with van der Waals surface area (Å²) < 4.78 is 0. The topological polar surface area (TPSA) is 92.5 Å². The summed E-state index contributed by atoms with van der Waals surface area (Å²) in [7, 11) is 0. The second-order valence-corrected chi connectivity index (χ2v) is 6.14. The van der Waals surface area contributed by atoms with Crippen molar-refractivity contribution in [1.82, 2.24) is 0 Å². The lowest BCUT2D eigenvalue weighted by Crippen LogP contribution is -2.28. The van der Waals surface area contributed by atoms with Crippen LogP contribution >= 0.6 is 0 Å². The molecule has 1 aliphatic rings. The van der Waals surface area contributed by atoms with Crippen molar-refractivity contribution in [3.8, 4) is 0 Å². The van der Waals surface area contributed by atoms with Crippen LogP contribution in [-0.4, -0.2) is 24.3 Å². The van der Waals surface area contributed by atoms with E-state index in [9.17, 15) is 14.4 Å². The molecule has 1 fully saturated rings. The number of hydrogen-bond acceptors (Lipinski definition) is 3. The zero-order chi connectivity index (χ0) is 18.0. The molecule has 0 spiro atoms. The maximum absolute atomic E-state index is 12.5. The SMILES string of the molecule is Cc1cccc(N2CC(C(=O)Nc3ccccc3C(N)=O)CC2=O)c1. The van der Waals surface area contributed by atoms with Crippen molar-refractivity contribution in [2.45, 2.75) is 13.3 Å². The first-order chi connectivity index (χ1) is 12.0. The van der Waals surface area contributed by atoms with Crippen LogP contribution in [0.3, 0.4) is 0 Å². The number of rotatable bonds is 4. The second-order valence-electron chi connectivity index (χ2n) is 6.14. The fourth-order valence-electron chi connectivity index (χ4n) is 2.97. The van der Waals surface area contributed by atoms with Gasteiger partial charge < -0.3 is 16.0 Å². The summed E-state index contributed by atoms with van der Waals surface area (Å²) in [6.45, 7) is 2.27. The molecular formula is C19H19N3O3. The fourth-order valence-corrected chi connectivity index (χ4v) is 2.97. The number of benzene rings is 2. The summed E-state index contributed by atoms with van der Waals surface area (Å²) in [4.78, 5) is 37.9. The molecule has 1 aliphatic heterocycles. The first-order valence-electron chi connectivity index (χ1n) is 8.02. The Morgan fingerprint density at radius 3 is 2.64 bits per heavy atom. The summed E-state index contributed by atoms with van der Waals surface area (Å²) in [5, 5.41) is 2.72. The van der Waals surface area contributed by atoms with E-state index in [1.807, 2.05) is 31.2 Å². The number of anilines is 2. The van der Waals surface area contributed by atoms with Gasteiger partial charge in [0, 0.05) is 18.7 Å². The molecule has 3 amide bonds. The summed E-state index contributed by atoms with van der Waals surface area (Å²) in [6.07, 6.45) is 0.137. The molecule has 1 saturated heterocycles. The lowest BCUT2D eigenvalue weighted by atomic mass is 10.1. The zero-order valence-corrected chi connectivity index (χ0v) is 13.9. The van der Waals surface area contributed by atoms with Gasteiger partial charge in [0.1, 0.15) is 0 Å². The number of nitrogens with one attached hydrogen (secondary N) is 1. The van der Waals surface area contributed by atoms with E-state index in [4.69, 9.17) is 5.73 Å². The smallest absolute Gasteiger partial charge is 0.250 e. The zero-order valence-electron chi connectivity index (χ0n) is 13.9. The molecule has 25 heavy (non-hydrogen) atoms. The molecule has 0 bridgehead atoms. The van der Waals surface area contributed by atoms with Crippen LogP contribution in [0.2, 0.25) is 0 Å². The van der Waals surface area contributed by atoms with Crippen LogP contribution in [0.5, 0.6) is 0 Å². The molecule has 1 atom stereocenters. The monoisotopic (exact) mass is 337 g/mol. The van der Waals surface area contributed by atoms with Crippen molar-refractivity contribution in [2.24, 2.45) is 11.7 Å². The van der Waals surface area contributed by atoms with Crippen molar-refractivity contribution in [3.63, 3.8) is 0 Å². The predicted octanol–water partition coefficient (Wildman–Crippen LogP) is 2.09. The van der Waals surface area contributed by atoms with Gasteiger partial charge in [0.25, 0.3) is 5.91 Å². The number of para-hydroxylation sites is 1. The number of amides is 3. The first-order valence-corrected chi connectivity index (χ1v) is 8.02. The van der Waals surface area contributed by atoms with Gasteiger partial charge in [-0.15, -0.1) is 0 Å². The molecule has 6 nitrogen and oxygen atoms in total. The van der Waals surface area contributed by atoms with Gasteiger partial charge in [-0.3, -0.25) is 14.4 Å². The minimum absolute atomic E-state index is 0.0889. The number of aryl methyl sites for hydroxylation is 1. The lowest BCUT2D eigenvalue weighted by Gasteiger charge is -2.17. The third-order valence-electron chi connectivity index (χ3n) is 4.26. The Morgan fingerprint density at radius 1 is 1.16 bits per heavy atom. The number of carbonyl (C=O) groups excluding carboxylic acids is 3. The number of nitrogens with zero attached hydrogens (tertiary/aromatic N) is 1. The van der Waals surface area contributed by atoms with Crippen molar-refractivity contribution in [3.05, 3.63) is 59.7 Å². The van der Waals surface area contributed by atoms with E-state index in [-0.39, 0.29) is 23.8 Å². The summed E-state index contributed by atoms with van der Waals surface area (Å²) in [6, 6.07) is 14.2. The van der Waals surface area contributed by atoms with Crippen LogP contribution in [0.1, 0.15) is 22.3 Å². The van der Waals surface area contributed by atoms with Gasteiger partial charge >= 0.3 is 0 Å². The Kier molecular flexibility index (Phi) is 4.52. The number of primary amides is 1. The standard InChI is InChI=1S/C19H19N3O3/c1-12-5-4-6-14(9-12)22-11-13(10-17(22)23)19(25)21-16-8-3-2-7-15(16)18(20)24/h2-9,13H,10-11H2,1H3,(H2,20,24)(H,21,25). The highest BCUT2D eigenvalue weighted by Crippen LogP contribution is 2.27. The molecule has 0 radical (unpaired) electrons.